The predicted molar refractivity (Wildman–Crippen MR) is 88.3 cm³/mol. The lowest BCUT2D eigenvalue weighted by Crippen LogP contribution is -2.33. The first-order chi connectivity index (χ1) is 11.2. The third-order valence-corrected chi connectivity index (χ3v) is 4.43. The third kappa shape index (κ3) is 3.22. The van der Waals surface area contributed by atoms with Crippen LogP contribution in [0.15, 0.2) is 54.6 Å². The Morgan fingerprint density at radius 2 is 1.87 bits per heavy atom. The van der Waals surface area contributed by atoms with E-state index in [0.29, 0.717) is 18.7 Å². The van der Waals surface area contributed by atoms with Gasteiger partial charge in [0.15, 0.2) is 6.10 Å². The number of nitrogens with zero attached hydrogens (tertiary/aromatic N) is 1. The van der Waals surface area contributed by atoms with Gasteiger partial charge in [-0.15, -0.1) is 0 Å². The lowest BCUT2D eigenvalue weighted by molar-refractivity contribution is -0.139. The van der Waals surface area contributed by atoms with E-state index in [2.05, 4.69) is 0 Å². The SMILES string of the molecule is COc1ccccc1C1CCN(C(=O)C(O)c2ccccc2)C1. The van der Waals surface area contributed by atoms with Gasteiger partial charge in [-0.25, -0.2) is 0 Å². The van der Waals surface area contributed by atoms with Crippen molar-refractivity contribution < 1.29 is 14.6 Å². The van der Waals surface area contributed by atoms with Gasteiger partial charge in [0.25, 0.3) is 5.91 Å². The number of hydrogen-bond acceptors (Lipinski definition) is 3. The highest BCUT2D eigenvalue weighted by atomic mass is 16.5. The Bertz CT molecular complexity index is 671. The Balaban J connectivity index is 1.71. The van der Waals surface area contributed by atoms with Gasteiger partial charge in [-0.2, -0.15) is 0 Å². The van der Waals surface area contributed by atoms with E-state index in [1.54, 1.807) is 24.1 Å². The van der Waals surface area contributed by atoms with Crippen LogP contribution in [0.4, 0.5) is 0 Å². The Morgan fingerprint density at radius 1 is 1.17 bits per heavy atom. The summed E-state index contributed by atoms with van der Waals surface area (Å²) >= 11 is 0. The van der Waals surface area contributed by atoms with E-state index in [1.807, 2.05) is 42.5 Å². The number of para-hydroxylation sites is 1. The normalized spacial score (nSPS) is 18.7. The van der Waals surface area contributed by atoms with Crippen LogP contribution in [0.2, 0.25) is 0 Å². The van der Waals surface area contributed by atoms with Crippen molar-refractivity contribution in [2.45, 2.75) is 18.4 Å². The van der Waals surface area contributed by atoms with Crippen molar-refractivity contribution in [3.05, 3.63) is 65.7 Å². The van der Waals surface area contributed by atoms with E-state index in [1.165, 1.54) is 0 Å². The van der Waals surface area contributed by atoms with Crippen LogP contribution in [0.3, 0.4) is 0 Å². The van der Waals surface area contributed by atoms with Gasteiger partial charge in [0, 0.05) is 19.0 Å². The molecule has 4 heteroatoms. The Kier molecular flexibility index (Phi) is 4.63. The third-order valence-electron chi connectivity index (χ3n) is 4.43. The number of benzene rings is 2. The molecule has 2 unspecified atom stereocenters. The summed E-state index contributed by atoms with van der Waals surface area (Å²) < 4.78 is 5.42. The molecular formula is C19H21NO3. The monoisotopic (exact) mass is 311 g/mol. The molecule has 120 valence electrons. The molecule has 3 rings (SSSR count). The van der Waals surface area contributed by atoms with Crippen LogP contribution >= 0.6 is 0 Å². The largest absolute Gasteiger partial charge is 0.496 e. The molecule has 4 nitrogen and oxygen atoms in total. The summed E-state index contributed by atoms with van der Waals surface area (Å²) in [6, 6.07) is 17.0. The van der Waals surface area contributed by atoms with Crippen LogP contribution in [0, 0.1) is 0 Å². The van der Waals surface area contributed by atoms with Crippen LogP contribution in [0.5, 0.6) is 5.75 Å². The van der Waals surface area contributed by atoms with Gasteiger partial charge in [0.1, 0.15) is 5.75 Å². The number of rotatable bonds is 4. The van der Waals surface area contributed by atoms with Crippen molar-refractivity contribution in [2.75, 3.05) is 20.2 Å². The van der Waals surface area contributed by atoms with E-state index < -0.39 is 6.10 Å². The van der Waals surface area contributed by atoms with E-state index in [9.17, 15) is 9.90 Å². The quantitative estimate of drug-likeness (QED) is 0.944. The van der Waals surface area contributed by atoms with E-state index in [-0.39, 0.29) is 11.8 Å². The number of ether oxygens (including phenoxy) is 1. The minimum absolute atomic E-state index is 0.228. The average Bonchev–Trinajstić information content (AvgIpc) is 3.11. The predicted octanol–water partition coefficient (Wildman–Crippen LogP) is 2.74. The maximum Gasteiger partial charge on any atom is 0.256 e. The molecule has 23 heavy (non-hydrogen) atoms. The topological polar surface area (TPSA) is 49.8 Å². The highest BCUT2D eigenvalue weighted by Gasteiger charge is 2.32. The average molecular weight is 311 g/mol. The van der Waals surface area contributed by atoms with Crippen LogP contribution in [-0.4, -0.2) is 36.1 Å². The van der Waals surface area contributed by atoms with Gasteiger partial charge in [-0.1, -0.05) is 48.5 Å². The number of amides is 1. The van der Waals surface area contributed by atoms with Crippen LogP contribution in [-0.2, 0) is 4.79 Å². The van der Waals surface area contributed by atoms with Gasteiger partial charge >= 0.3 is 0 Å². The fourth-order valence-corrected chi connectivity index (χ4v) is 3.17. The number of methoxy groups -OCH3 is 1. The molecule has 1 heterocycles. The van der Waals surface area contributed by atoms with Crippen molar-refractivity contribution in [2.24, 2.45) is 0 Å². The molecule has 1 N–H and O–H groups in total. The molecule has 0 aromatic heterocycles. The first kappa shape index (κ1) is 15.6. The van der Waals surface area contributed by atoms with Gasteiger partial charge in [0.2, 0.25) is 0 Å². The van der Waals surface area contributed by atoms with Crippen LogP contribution in [0.25, 0.3) is 0 Å². The molecule has 1 fully saturated rings. The van der Waals surface area contributed by atoms with Gasteiger partial charge < -0.3 is 14.7 Å². The summed E-state index contributed by atoms with van der Waals surface area (Å²) in [7, 11) is 1.66. The molecule has 1 aliphatic heterocycles. The van der Waals surface area contributed by atoms with Crippen LogP contribution < -0.4 is 4.74 Å². The molecule has 0 aliphatic carbocycles. The minimum Gasteiger partial charge on any atom is -0.496 e. The first-order valence-corrected chi connectivity index (χ1v) is 7.85. The van der Waals surface area contributed by atoms with Crippen LogP contribution in [0.1, 0.15) is 29.6 Å². The molecule has 0 saturated carbocycles. The molecular weight excluding hydrogens is 290 g/mol. The smallest absolute Gasteiger partial charge is 0.256 e. The zero-order valence-electron chi connectivity index (χ0n) is 13.2. The molecule has 1 saturated heterocycles. The maximum atomic E-state index is 12.5. The number of aliphatic hydroxyl groups is 1. The molecule has 2 aromatic carbocycles. The summed E-state index contributed by atoms with van der Waals surface area (Å²) in [6.45, 7) is 1.27. The summed E-state index contributed by atoms with van der Waals surface area (Å²) in [5.74, 6) is 0.877. The summed E-state index contributed by atoms with van der Waals surface area (Å²) in [5.41, 5.74) is 1.76. The Morgan fingerprint density at radius 3 is 2.61 bits per heavy atom. The minimum atomic E-state index is -1.09. The molecule has 2 atom stereocenters. The number of hydrogen-bond donors (Lipinski definition) is 1. The lowest BCUT2D eigenvalue weighted by Gasteiger charge is -2.21. The molecule has 1 aliphatic rings. The fraction of sp³-hybridized carbons (Fsp3) is 0.316. The van der Waals surface area contributed by atoms with Crippen molar-refractivity contribution in [1.82, 2.24) is 4.90 Å². The number of carbonyl (C=O) groups is 1. The Hall–Kier alpha value is -2.33. The molecule has 2 aromatic rings. The first-order valence-electron chi connectivity index (χ1n) is 7.85. The summed E-state index contributed by atoms with van der Waals surface area (Å²) in [6.07, 6.45) is -0.208. The number of carbonyl (C=O) groups excluding carboxylic acids is 1. The summed E-state index contributed by atoms with van der Waals surface area (Å²) in [5, 5.41) is 10.3. The van der Waals surface area contributed by atoms with Crippen molar-refractivity contribution >= 4 is 5.91 Å². The van der Waals surface area contributed by atoms with Crippen molar-refractivity contribution in [1.29, 1.82) is 0 Å². The second kappa shape index (κ2) is 6.84. The number of aliphatic hydroxyl groups excluding tert-OH is 1. The van der Waals surface area contributed by atoms with Gasteiger partial charge in [-0.3, -0.25) is 4.79 Å². The van der Waals surface area contributed by atoms with Gasteiger partial charge in [0.05, 0.1) is 7.11 Å². The standard InChI is InChI=1S/C19H21NO3/c1-23-17-10-6-5-9-16(17)15-11-12-20(13-15)19(22)18(21)14-7-3-2-4-8-14/h2-10,15,18,21H,11-13H2,1H3. The Labute approximate surface area is 136 Å². The molecule has 0 spiro atoms. The van der Waals surface area contributed by atoms with Crippen molar-refractivity contribution in [3.8, 4) is 5.75 Å². The molecule has 1 amide bonds. The van der Waals surface area contributed by atoms with Crippen molar-refractivity contribution in [3.63, 3.8) is 0 Å². The zero-order chi connectivity index (χ0) is 16.2. The number of likely N-dealkylation sites (tertiary alicyclic amines) is 1. The highest BCUT2D eigenvalue weighted by Crippen LogP contribution is 2.34. The summed E-state index contributed by atoms with van der Waals surface area (Å²) in [4.78, 5) is 14.3. The van der Waals surface area contributed by atoms with E-state index in [0.717, 1.165) is 17.7 Å². The van der Waals surface area contributed by atoms with Gasteiger partial charge in [-0.05, 0) is 23.6 Å². The zero-order valence-corrected chi connectivity index (χ0v) is 13.2. The molecule has 0 bridgehead atoms. The fourth-order valence-electron chi connectivity index (χ4n) is 3.17. The maximum absolute atomic E-state index is 12.5. The van der Waals surface area contributed by atoms with E-state index in [4.69, 9.17) is 4.74 Å². The lowest BCUT2D eigenvalue weighted by atomic mass is 9.97. The second-order valence-corrected chi connectivity index (χ2v) is 5.83. The highest BCUT2D eigenvalue weighted by molar-refractivity contribution is 5.82. The molecule has 0 radical (unpaired) electrons. The van der Waals surface area contributed by atoms with E-state index >= 15 is 0 Å². The second-order valence-electron chi connectivity index (χ2n) is 5.83.